The van der Waals surface area contributed by atoms with Crippen LogP contribution in [0.2, 0.25) is 0 Å². The highest BCUT2D eigenvalue weighted by Crippen LogP contribution is 2.29. The second-order valence-corrected chi connectivity index (χ2v) is 6.73. The molecule has 5 heteroatoms. The van der Waals surface area contributed by atoms with Gasteiger partial charge in [-0.05, 0) is 44.9 Å². The summed E-state index contributed by atoms with van der Waals surface area (Å²) in [5.74, 6) is 1.12. The topological polar surface area (TPSA) is 33.1 Å². The van der Waals surface area contributed by atoms with Crippen molar-refractivity contribution in [3.8, 4) is 5.69 Å². The molecule has 2 fully saturated rings. The monoisotopic (exact) mass is 332 g/mol. The molecular weight excluding hydrogens is 308 g/mol. The number of rotatable bonds is 4. The number of hydrogen-bond acceptors (Lipinski definition) is 3. The molecule has 1 aromatic heterocycles. The summed E-state index contributed by atoms with van der Waals surface area (Å²) in [7, 11) is 2.25. The summed E-state index contributed by atoms with van der Waals surface area (Å²) in [6, 6.07) is 12.6. The molecule has 2 aromatic rings. The second-order valence-electron chi connectivity index (χ2n) is 6.73. The Hall–Kier alpha value is -1.36. The van der Waals surface area contributed by atoms with Gasteiger partial charge in [-0.2, -0.15) is 0 Å². The normalized spacial score (nSPS) is 26.3. The SMILES string of the molecule is CN(Cc1nccn1-c1ccccc1)C1CC2CCC(C1)N2.Cl. The van der Waals surface area contributed by atoms with Crippen LogP contribution < -0.4 is 5.32 Å². The van der Waals surface area contributed by atoms with Crippen molar-refractivity contribution in [3.05, 3.63) is 48.5 Å². The molecule has 1 N–H and O–H groups in total. The van der Waals surface area contributed by atoms with Gasteiger partial charge in [0, 0.05) is 36.2 Å². The van der Waals surface area contributed by atoms with Crippen LogP contribution in [0.25, 0.3) is 5.69 Å². The van der Waals surface area contributed by atoms with E-state index in [2.05, 4.69) is 63.3 Å². The third kappa shape index (κ3) is 3.44. The number of piperidine rings is 1. The molecule has 0 amide bonds. The second kappa shape index (κ2) is 7.04. The summed E-state index contributed by atoms with van der Waals surface area (Å²) in [5, 5.41) is 3.72. The van der Waals surface area contributed by atoms with E-state index in [1.807, 2.05) is 6.20 Å². The maximum atomic E-state index is 4.59. The summed E-state index contributed by atoms with van der Waals surface area (Å²) >= 11 is 0. The van der Waals surface area contributed by atoms with Crippen molar-refractivity contribution in [2.75, 3.05) is 7.05 Å². The highest BCUT2D eigenvalue weighted by molar-refractivity contribution is 5.85. The molecule has 0 radical (unpaired) electrons. The first-order chi connectivity index (χ1) is 10.8. The van der Waals surface area contributed by atoms with Gasteiger partial charge in [0.05, 0.1) is 6.54 Å². The molecule has 0 spiro atoms. The Morgan fingerprint density at radius 3 is 2.57 bits per heavy atom. The number of hydrogen-bond donors (Lipinski definition) is 1. The first-order valence-electron chi connectivity index (χ1n) is 8.33. The summed E-state index contributed by atoms with van der Waals surface area (Å²) in [5.41, 5.74) is 1.19. The van der Waals surface area contributed by atoms with Crippen LogP contribution in [0.15, 0.2) is 42.7 Å². The maximum absolute atomic E-state index is 4.59. The fourth-order valence-electron chi connectivity index (χ4n) is 4.01. The summed E-state index contributed by atoms with van der Waals surface area (Å²) < 4.78 is 2.20. The van der Waals surface area contributed by atoms with E-state index in [0.29, 0.717) is 6.04 Å². The molecule has 3 heterocycles. The Kier molecular flexibility index (Phi) is 5.05. The quantitative estimate of drug-likeness (QED) is 0.934. The highest BCUT2D eigenvalue weighted by atomic mass is 35.5. The Balaban J connectivity index is 0.00000156. The zero-order valence-electron chi connectivity index (χ0n) is 13.6. The lowest BCUT2D eigenvalue weighted by atomic mass is 9.98. The highest BCUT2D eigenvalue weighted by Gasteiger charge is 2.35. The molecule has 2 aliphatic heterocycles. The van der Waals surface area contributed by atoms with Crippen LogP contribution >= 0.6 is 12.4 Å². The Morgan fingerprint density at radius 1 is 1.17 bits per heavy atom. The van der Waals surface area contributed by atoms with E-state index in [4.69, 9.17) is 0 Å². The van der Waals surface area contributed by atoms with Gasteiger partial charge in [-0.25, -0.2) is 4.98 Å². The van der Waals surface area contributed by atoms with Crippen LogP contribution in [0.4, 0.5) is 0 Å². The van der Waals surface area contributed by atoms with Gasteiger partial charge in [-0.15, -0.1) is 12.4 Å². The number of para-hydroxylation sites is 1. The maximum Gasteiger partial charge on any atom is 0.127 e. The molecule has 2 unspecified atom stereocenters. The van der Waals surface area contributed by atoms with E-state index in [-0.39, 0.29) is 12.4 Å². The van der Waals surface area contributed by atoms with E-state index < -0.39 is 0 Å². The first-order valence-corrected chi connectivity index (χ1v) is 8.33. The zero-order valence-corrected chi connectivity index (χ0v) is 14.4. The molecular formula is C18H25ClN4. The van der Waals surface area contributed by atoms with Gasteiger partial charge >= 0.3 is 0 Å². The van der Waals surface area contributed by atoms with Crippen molar-refractivity contribution >= 4 is 12.4 Å². The Morgan fingerprint density at radius 2 is 1.87 bits per heavy atom. The fourth-order valence-corrected chi connectivity index (χ4v) is 4.01. The van der Waals surface area contributed by atoms with Crippen molar-refractivity contribution in [3.63, 3.8) is 0 Å². The molecule has 1 aromatic carbocycles. The van der Waals surface area contributed by atoms with Crippen molar-refractivity contribution in [2.24, 2.45) is 0 Å². The van der Waals surface area contributed by atoms with Gasteiger partial charge in [0.15, 0.2) is 0 Å². The lowest BCUT2D eigenvalue weighted by Crippen LogP contribution is -2.46. The molecule has 2 atom stereocenters. The van der Waals surface area contributed by atoms with Gasteiger partial charge in [0.25, 0.3) is 0 Å². The first kappa shape index (κ1) is 16.5. The number of imidazole rings is 1. The third-order valence-corrected chi connectivity index (χ3v) is 5.21. The fraction of sp³-hybridized carbons (Fsp3) is 0.500. The molecule has 4 nitrogen and oxygen atoms in total. The molecule has 2 bridgehead atoms. The van der Waals surface area contributed by atoms with E-state index in [9.17, 15) is 0 Å². The largest absolute Gasteiger partial charge is 0.311 e. The average Bonchev–Trinajstić information content (AvgIpc) is 3.14. The summed E-state index contributed by atoms with van der Waals surface area (Å²) in [6.45, 7) is 0.909. The standard InChI is InChI=1S/C18H24N4.ClH/c1-21(17-11-14-7-8-15(12-17)20-14)13-18-19-9-10-22(18)16-5-3-2-4-6-16;/h2-6,9-10,14-15,17,20H,7-8,11-13H2,1H3;1H. The third-order valence-electron chi connectivity index (χ3n) is 5.21. The van der Waals surface area contributed by atoms with Crippen molar-refractivity contribution in [1.29, 1.82) is 0 Å². The van der Waals surface area contributed by atoms with Gasteiger partial charge in [0.2, 0.25) is 0 Å². The predicted octanol–water partition coefficient (Wildman–Crippen LogP) is 3.01. The average molecular weight is 333 g/mol. The van der Waals surface area contributed by atoms with Crippen LogP contribution in [0.3, 0.4) is 0 Å². The lowest BCUT2D eigenvalue weighted by Gasteiger charge is -2.35. The number of benzene rings is 1. The number of nitrogens with one attached hydrogen (secondary N) is 1. The lowest BCUT2D eigenvalue weighted by molar-refractivity contribution is 0.162. The van der Waals surface area contributed by atoms with E-state index >= 15 is 0 Å². The minimum atomic E-state index is 0. The Bertz CT molecular complexity index is 615. The van der Waals surface area contributed by atoms with Gasteiger partial charge in [-0.3, -0.25) is 4.90 Å². The van der Waals surface area contributed by atoms with Gasteiger partial charge in [0.1, 0.15) is 5.82 Å². The number of fused-ring (bicyclic) bond motifs is 2. The van der Waals surface area contributed by atoms with E-state index in [1.54, 1.807) is 0 Å². The van der Waals surface area contributed by atoms with Crippen molar-refractivity contribution < 1.29 is 0 Å². The summed E-state index contributed by atoms with van der Waals surface area (Å²) in [6.07, 6.45) is 9.23. The van der Waals surface area contributed by atoms with Crippen molar-refractivity contribution in [2.45, 2.75) is 50.4 Å². The van der Waals surface area contributed by atoms with Crippen LogP contribution in [-0.2, 0) is 6.54 Å². The molecule has 2 aliphatic rings. The smallest absolute Gasteiger partial charge is 0.127 e. The zero-order chi connectivity index (χ0) is 14.9. The molecule has 23 heavy (non-hydrogen) atoms. The minimum Gasteiger partial charge on any atom is -0.311 e. The summed E-state index contributed by atoms with van der Waals surface area (Å²) in [4.78, 5) is 7.08. The predicted molar refractivity (Wildman–Crippen MR) is 95.2 cm³/mol. The number of aromatic nitrogens is 2. The number of nitrogens with zero attached hydrogens (tertiary/aromatic N) is 3. The number of halogens is 1. The minimum absolute atomic E-state index is 0. The Labute approximate surface area is 144 Å². The molecule has 0 saturated carbocycles. The molecule has 2 saturated heterocycles. The van der Waals surface area contributed by atoms with E-state index in [0.717, 1.165) is 24.5 Å². The van der Waals surface area contributed by atoms with Crippen molar-refractivity contribution in [1.82, 2.24) is 19.8 Å². The molecule has 4 rings (SSSR count). The van der Waals surface area contributed by atoms with Crippen LogP contribution in [0.1, 0.15) is 31.5 Å². The van der Waals surface area contributed by atoms with Crippen LogP contribution in [-0.4, -0.2) is 39.6 Å². The molecule has 124 valence electrons. The molecule has 0 aliphatic carbocycles. The van der Waals surface area contributed by atoms with Crippen LogP contribution in [0.5, 0.6) is 0 Å². The van der Waals surface area contributed by atoms with Gasteiger partial charge < -0.3 is 9.88 Å². The van der Waals surface area contributed by atoms with E-state index in [1.165, 1.54) is 31.4 Å². The van der Waals surface area contributed by atoms with Crippen LogP contribution in [0, 0.1) is 0 Å². The van der Waals surface area contributed by atoms with Gasteiger partial charge in [-0.1, -0.05) is 18.2 Å².